The lowest BCUT2D eigenvalue weighted by atomic mass is 9.89. The van der Waals surface area contributed by atoms with Gasteiger partial charge in [-0.1, -0.05) is 30.3 Å². The van der Waals surface area contributed by atoms with Crippen LogP contribution in [0.3, 0.4) is 0 Å². The summed E-state index contributed by atoms with van der Waals surface area (Å²) >= 11 is 0. The molecule has 3 nitrogen and oxygen atoms in total. The molecule has 2 atom stereocenters. The van der Waals surface area contributed by atoms with Crippen molar-refractivity contribution in [2.75, 3.05) is 26.2 Å². The molecule has 0 aliphatic carbocycles. The quantitative estimate of drug-likeness (QED) is 0.772. The first-order valence-electron chi connectivity index (χ1n) is 9.27. The second kappa shape index (κ2) is 7.43. The second-order valence-electron chi connectivity index (χ2n) is 7.22. The lowest BCUT2D eigenvalue weighted by Crippen LogP contribution is -2.44. The smallest absolute Gasteiger partial charge is 0.416 e. The number of halogens is 3. The van der Waals surface area contributed by atoms with E-state index in [9.17, 15) is 13.2 Å². The molecule has 0 aromatic heterocycles. The molecule has 1 saturated heterocycles. The van der Waals surface area contributed by atoms with Gasteiger partial charge in [-0.15, -0.1) is 0 Å². The maximum Gasteiger partial charge on any atom is 0.416 e. The average molecular weight is 377 g/mol. The third-order valence-corrected chi connectivity index (χ3v) is 5.22. The van der Waals surface area contributed by atoms with Crippen molar-refractivity contribution in [3.8, 4) is 11.5 Å². The van der Waals surface area contributed by atoms with Gasteiger partial charge >= 0.3 is 6.18 Å². The SMILES string of the molecule is FC(F)(F)c1cccc(C2CCCN(CC3COc4ccccc4O3)C2)c1. The Balaban J connectivity index is 1.40. The van der Waals surface area contributed by atoms with Gasteiger partial charge < -0.3 is 9.47 Å². The van der Waals surface area contributed by atoms with Crippen LogP contribution in [0.5, 0.6) is 11.5 Å². The molecule has 6 heteroatoms. The third-order valence-electron chi connectivity index (χ3n) is 5.22. The summed E-state index contributed by atoms with van der Waals surface area (Å²) in [5.41, 5.74) is 0.193. The van der Waals surface area contributed by atoms with Crippen LogP contribution in [0.2, 0.25) is 0 Å². The fraction of sp³-hybridized carbons (Fsp3) is 0.429. The zero-order valence-electron chi connectivity index (χ0n) is 14.9. The van der Waals surface area contributed by atoms with Crippen LogP contribution in [0.15, 0.2) is 48.5 Å². The summed E-state index contributed by atoms with van der Waals surface area (Å²) in [6, 6.07) is 13.3. The number of para-hydroxylation sites is 2. The first-order valence-corrected chi connectivity index (χ1v) is 9.27. The molecule has 2 heterocycles. The Morgan fingerprint density at radius 1 is 1.04 bits per heavy atom. The summed E-state index contributed by atoms with van der Waals surface area (Å²) in [5.74, 6) is 1.62. The molecule has 4 rings (SSSR count). The van der Waals surface area contributed by atoms with E-state index < -0.39 is 11.7 Å². The number of hydrogen-bond donors (Lipinski definition) is 0. The Morgan fingerprint density at radius 3 is 2.67 bits per heavy atom. The minimum Gasteiger partial charge on any atom is -0.486 e. The molecule has 2 aliphatic heterocycles. The highest BCUT2D eigenvalue weighted by Gasteiger charge is 2.32. The standard InChI is InChI=1S/C21H22F3NO2/c22-21(23,24)17-7-3-5-15(11-17)16-6-4-10-25(12-16)13-18-14-26-19-8-1-2-9-20(19)27-18/h1-3,5,7-9,11,16,18H,4,6,10,12-14H2. The number of hydrogen-bond acceptors (Lipinski definition) is 3. The van der Waals surface area contributed by atoms with Crippen LogP contribution in [0.4, 0.5) is 13.2 Å². The molecule has 0 amide bonds. The van der Waals surface area contributed by atoms with E-state index in [1.54, 1.807) is 6.07 Å². The first-order chi connectivity index (χ1) is 13.0. The molecule has 2 aliphatic rings. The number of ether oxygens (including phenoxy) is 2. The van der Waals surface area contributed by atoms with Gasteiger partial charge in [-0.05, 0) is 49.1 Å². The molecule has 144 valence electrons. The van der Waals surface area contributed by atoms with E-state index in [0.717, 1.165) is 49.1 Å². The number of benzene rings is 2. The van der Waals surface area contributed by atoms with Crippen molar-refractivity contribution >= 4 is 0 Å². The molecular weight excluding hydrogens is 355 g/mol. The molecule has 2 unspecified atom stereocenters. The van der Waals surface area contributed by atoms with Crippen molar-refractivity contribution in [2.24, 2.45) is 0 Å². The summed E-state index contributed by atoms with van der Waals surface area (Å²) in [7, 11) is 0. The lowest BCUT2D eigenvalue weighted by molar-refractivity contribution is -0.137. The zero-order chi connectivity index (χ0) is 18.9. The molecule has 0 bridgehead atoms. The minimum atomic E-state index is -4.30. The highest BCUT2D eigenvalue weighted by atomic mass is 19.4. The van der Waals surface area contributed by atoms with Gasteiger partial charge in [-0.2, -0.15) is 13.2 Å². The lowest BCUT2D eigenvalue weighted by Gasteiger charge is -2.36. The van der Waals surface area contributed by atoms with Crippen LogP contribution >= 0.6 is 0 Å². The van der Waals surface area contributed by atoms with Gasteiger partial charge in [0, 0.05) is 13.1 Å². The predicted molar refractivity (Wildman–Crippen MR) is 96.2 cm³/mol. The molecule has 2 aromatic rings. The van der Waals surface area contributed by atoms with E-state index in [-0.39, 0.29) is 12.0 Å². The van der Waals surface area contributed by atoms with Crippen LogP contribution in [0, 0.1) is 0 Å². The highest BCUT2D eigenvalue weighted by molar-refractivity contribution is 5.40. The van der Waals surface area contributed by atoms with Crippen LogP contribution < -0.4 is 9.47 Å². The van der Waals surface area contributed by atoms with Gasteiger partial charge in [0.1, 0.15) is 12.7 Å². The topological polar surface area (TPSA) is 21.7 Å². The average Bonchev–Trinajstić information content (AvgIpc) is 2.68. The number of fused-ring (bicyclic) bond motifs is 1. The second-order valence-corrected chi connectivity index (χ2v) is 7.22. The normalized spacial score (nSPS) is 23.2. The van der Waals surface area contributed by atoms with E-state index in [0.29, 0.717) is 13.2 Å². The van der Waals surface area contributed by atoms with Crippen molar-refractivity contribution in [3.05, 3.63) is 59.7 Å². The van der Waals surface area contributed by atoms with Crippen LogP contribution in [0.1, 0.15) is 29.9 Å². The minimum absolute atomic E-state index is 0.0693. The zero-order valence-corrected chi connectivity index (χ0v) is 14.9. The Morgan fingerprint density at radius 2 is 1.85 bits per heavy atom. The van der Waals surface area contributed by atoms with Gasteiger partial charge in [-0.3, -0.25) is 4.90 Å². The van der Waals surface area contributed by atoms with E-state index in [2.05, 4.69) is 4.90 Å². The van der Waals surface area contributed by atoms with E-state index in [4.69, 9.17) is 9.47 Å². The van der Waals surface area contributed by atoms with Crippen LogP contribution in [-0.4, -0.2) is 37.2 Å². The fourth-order valence-electron chi connectivity index (χ4n) is 3.90. The number of likely N-dealkylation sites (tertiary alicyclic amines) is 1. The Labute approximate surface area is 156 Å². The fourth-order valence-corrected chi connectivity index (χ4v) is 3.90. The molecule has 0 saturated carbocycles. The van der Waals surface area contributed by atoms with E-state index in [1.165, 1.54) is 12.1 Å². The van der Waals surface area contributed by atoms with Crippen LogP contribution in [0.25, 0.3) is 0 Å². The molecule has 2 aromatic carbocycles. The summed E-state index contributed by atoms with van der Waals surface area (Å²) in [4.78, 5) is 2.27. The number of nitrogens with zero attached hydrogens (tertiary/aromatic N) is 1. The monoisotopic (exact) mass is 377 g/mol. The maximum absolute atomic E-state index is 13.0. The van der Waals surface area contributed by atoms with Crippen molar-refractivity contribution in [3.63, 3.8) is 0 Å². The van der Waals surface area contributed by atoms with Crippen molar-refractivity contribution in [1.82, 2.24) is 4.90 Å². The number of rotatable bonds is 3. The maximum atomic E-state index is 13.0. The molecular formula is C21H22F3NO2. The van der Waals surface area contributed by atoms with Gasteiger partial charge in [0.2, 0.25) is 0 Å². The Hall–Kier alpha value is -2.21. The Bertz CT molecular complexity index is 793. The molecule has 1 fully saturated rings. The van der Waals surface area contributed by atoms with Gasteiger partial charge in [-0.25, -0.2) is 0 Å². The summed E-state index contributed by atoms with van der Waals surface area (Å²) < 4.78 is 50.8. The van der Waals surface area contributed by atoms with Crippen molar-refractivity contribution in [2.45, 2.75) is 31.0 Å². The van der Waals surface area contributed by atoms with Crippen molar-refractivity contribution in [1.29, 1.82) is 0 Å². The molecule has 0 radical (unpaired) electrons. The number of piperidine rings is 1. The third kappa shape index (κ3) is 4.21. The van der Waals surface area contributed by atoms with Crippen LogP contribution in [-0.2, 0) is 6.18 Å². The number of alkyl halides is 3. The predicted octanol–water partition coefficient (Wildman–Crippen LogP) is 4.72. The molecule has 27 heavy (non-hydrogen) atoms. The van der Waals surface area contributed by atoms with E-state index >= 15 is 0 Å². The van der Waals surface area contributed by atoms with Gasteiger partial charge in [0.25, 0.3) is 0 Å². The molecule has 0 spiro atoms. The Kier molecular flexibility index (Phi) is 5.00. The first kappa shape index (κ1) is 18.2. The highest BCUT2D eigenvalue weighted by Crippen LogP contribution is 2.34. The van der Waals surface area contributed by atoms with E-state index in [1.807, 2.05) is 24.3 Å². The summed E-state index contributed by atoms with van der Waals surface area (Å²) in [6.45, 7) is 2.87. The van der Waals surface area contributed by atoms with Gasteiger partial charge in [0.05, 0.1) is 5.56 Å². The summed E-state index contributed by atoms with van der Waals surface area (Å²) in [6.07, 6.45) is -2.50. The summed E-state index contributed by atoms with van der Waals surface area (Å²) in [5, 5.41) is 0. The molecule has 0 N–H and O–H groups in total. The van der Waals surface area contributed by atoms with Crippen molar-refractivity contribution < 1.29 is 22.6 Å². The largest absolute Gasteiger partial charge is 0.486 e. The van der Waals surface area contributed by atoms with Gasteiger partial charge in [0.15, 0.2) is 11.5 Å².